The van der Waals surface area contributed by atoms with E-state index in [9.17, 15) is 18.4 Å². The van der Waals surface area contributed by atoms with E-state index in [1.807, 2.05) is 18.2 Å². The van der Waals surface area contributed by atoms with Crippen molar-refractivity contribution in [2.75, 3.05) is 14.2 Å². The van der Waals surface area contributed by atoms with Crippen molar-refractivity contribution >= 4 is 0 Å². The maximum atomic E-state index is 13.6. The number of unbranched alkanes of at least 4 members (excludes halogenated alkanes) is 9. The van der Waals surface area contributed by atoms with E-state index in [1.165, 1.54) is 57.1 Å². The lowest BCUT2D eigenvalue weighted by atomic mass is 9.73. The Morgan fingerprint density at radius 1 is 0.810 bits per heavy atom. The third kappa shape index (κ3) is 12.5. The second kappa shape index (κ2) is 19.3. The largest absolute Gasteiger partial charge is 0.497 e. The highest BCUT2D eigenvalue weighted by atomic mass is 19.4. The van der Waals surface area contributed by atoms with Crippen LogP contribution in [0, 0.1) is 11.3 Å². The zero-order valence-corrected chi connectivity index (χ0v) is 25.9. The highest BCUT2D eigenvalue weighted by Crippen LogP contribution is 2.39. The molecular weight excluding hydrogens is 535 g/mol. The van der Waals surface area contributed by atoms with E-state index in [1.54, 1.807) is 20.2 Å². The van der Waals surface area contributed by atoms with Gasteiger partial charge in [0.2, 0.25) is 0 Å². The Balaban J connectivity index is 2.04. The molecular formula is C35H50F3N3O. The van der Waals surface area contributed by atoms with Crippen LogP contribution < -0.4 is 4.74 Å². The number of halogens is 3. The Bertz CT molecular complexity index is 1100. The van der Waals surface area contributed by atoms with Crippen molar-refractivity contribution in [3.63, 3.8) is 0 Å². The van der Waals surface area contributed by atoms with Crippen molar-refractivity contribution in [2.45, 2.75) is 127 Å². The van der Waals surface area contributed by atoms with Crippen molar-refractivity contribution in [1.29, 1.82) is 5.26 Å². The normalized spacial score (nSPS) is 14.0. The van der Waals surface area contributed by atoms with Gasteiger partial charge < -0.3 is 4.74 Å². The number of ether oxygens (including phenoxy) is 1. The number of hydrogen-bond acceptors (Lipinski definition) is 4. The molecule has 0 heterocycles. The lowest BCUT2D eigenvalue weighted by Crippen LogP contribution is -2.25. The van der Waals surface area contributed by atoms with E-state index >= 15 is 0 Å². The molecule has 0 N–H and O–H groups in total. The van der Waals surface area contributed by atoms with Gasteiger partial charge in [-0.25, -0.2) is 0 Å². The predicted molar refractivity (Wildman–Crippen MR) is 165 cm³/mol. The summed E-state index contributed by atoms with van der Waals surface area (Å²) in [7, 11) is 3.31. The number of rotatable bonds is 21. The molecule has 0 radical (unpaired) electrons. The second-order valence-corrected chi connectivity index (χ2v) is 11.5. The number of benzene rings is 2. The van der Waals surface area contributed by atoms with Gasteiger partial charge in [-0.15, -0.1) is 0 Å². The molecule has 0 fully saturated rings. The van der Waals surface area contributed by atoms with Crippen LogP contribution in [-0.2, 0) is 18.0 Å². The smallest absolute Gasteiger partial charge is 0.416 e. The average Bonchev–Trinajstić information content (AvgIpc) is 2.99. The molecule has 0 aliphatic heterocycles. The SMILES string of the molecule is CCCCCCCCCCCCC(C#N)(CCCC(CCc1cccc(OC)c1)N=NC)c1cccc(C(F)(F)F)c1. The third-order valence-corrected chi connectivity index (χ3v) is 8.23. The zero-order valence-electron chi connectivity index (χ0n) is 25.9. The second-order valence-electron chi connectivity index (χ2n) is 11.5. The number of nitriles is 1. The third-order valence-electron chi connectivity index (χ3n) is 8.23. The van der Waals surface area contributed by atoms with Gasteiger partial charge in [0.25, 0.3) is 0 Å². The van der Waals surface area contributed by atoms with E-state index in [2.05, 4.69) is 29.3 Å². The van der Waals surface area contributed by atoms with Crippen LogP contribution in [0.3, 0.4) is 0 Å². The number of nitrogens with zero attached hydrogens (tertiary/aromatic N) is 3. The average molecular weight is 586 g/mol. The van der Waals surface area contributed by atoms with Crippen LogP contribution in [0.2, 0.25) is 0 Å². The fourth-order valence-electron chi connectivity index (χ4n) is 5.72. The maximum Gasteiger partial charge on any atom is 0.416 e. The van der Waals surface area contributed by atoms with Gasteiger partial charge >= 0.3 is 6.18 Å². The summed E-state index contributed by atoms with van der Waals surface area (Å²) in [5, 5.41) is 18.9. The first-order valence-corrected chi connectivity index (χ1v) is 15.8. The summed E-state index contributed by atoms with van der Waals surface area (Å²) in [5.41, 5.74) is -0.0244. The van der Waals surface area contributed by atoms with Gasteiger partial charge in [0.1, 0.15) is 5.75 Å². The fraction of sp³-hybridized carbons (Fsp3) is 0.629. The van der Waals surface area contributed by atoms with Crippen LogP contribution >= 0.6 is 0 Å². The molecule has 4 nitrogen and oxygen atoms in total. The Morgan fingerprint density at radius 3 is 2.05 bits per heavy atom. The van der Waals surface area contributed by atoms with Crippen molar-refractivity contribution < 1.29 is 17.9 Å². The van der Waals surface area contributed by atoms with Crippen LogP contribution in [0.25, 0.3) is 0 Å². The number of methoxy groups -OCH3 is 1. The number of hydrogen-bond donors (Lipinski definition) is 0. The van der Waals surface area contributed by atoms with Crippen LogP contribution in [0.4, 0.5) is 13.2 Å². The molecule has 2 unspecified atom stereocenters. The van der Waals surface area contributed by atoms with Crippen molar-refractivity contribution in [3.05, 3.63) is 65.2 Å². The van der Waals surface area contributed by atoms with Gasteiger partial charge in [0, 0.05) is 7.05 Å². The monoisotopic (exact) mass is 585 g/mol. The number of aryl methyl sites for hydroxylation is 1. The minimum Gasteiger partial charge on any atom is -0.497 e. The van der Waals surface area contributed by atoms with Gasteiger partial charge in [-0.2, -0.15) is 28.7 Å². The highest BCUT2D eigenvalue weighted by Gasteiger charge is 2.36. The molecule has 0 saturated heterocycles. The topological polar surface area (TPSA) is 57.7 Å². The zero-order chi connectivity index (χ0) is 30.7. The lowest BCUT2D eigenvalue weighted by molar-refractivity contribution is -0.137. The highest BCUT2D eigenvalue weighted by molar-refractivity contribution is 5.36. The van der Waals surface area contributed by atoms with E-state index in [0.717, 1.165) is 55.9 Å². The summed E-state index contributed by atoms with van der Waals surface area (Å²) < 4.78 is 46.1. The van der Waals surface area contributed by atoms with E-state index in [4.69, 9.17) is 4.74 Å². The van der Waals surface area contributed by atoms with Crippen molar-refractivity contribution in [1.82, 2.24) is 0 Å². The van der Waals surface area contributed by atoms with Gasteiger partial charge in [0.05, 0.1) is 30.2 Å². The first-order chi connectivity index (χ1) is 20.3. The molecule has 2 atom stereocenters. The molecule has 232 valence electrons. The van der Waals surface area contributed by atoms with Gasteiger partial charge in [-0.3, -0.25) is 0 Å². The van der Waals surface area contributed by atoms with Crippen LogP contribution in [0.15, 0.2) is 58.8 Å². The van der Waals surface area contributed by atoms with Crippen LogP contribution in [0.5, 0.6) is 5.75 Å². The molecule has 2 aromatic rings. The molecule has 0 aliphatic carbocycles. The summed E-state index contributed by atoms with van der Waals surface area (Å²) in [6.07, 6.45) is 11.4. The molecule has 0 bridgehead atoms. The Kier molecular flexibility index (Phi) is 16.3. The minimum atomic E-state index is -4.44. The molecule has 2 rings (SSSR count). The Hall–Kier alpha value is -2.88. The maximum absolute atomic E-state index is 13.6. The van der Waals surface area contributed by atoms with E-state index in [-0.39, 0.29) is 6.04 Å². The fourth-order valence-corrected chi connectivity index (χ4v) is 5.72. The summed E-state index contributed by atoms with van der Waals surface area (Å²) in [6, 6.07) is 15.8. The van der Waals surface area contributed by atoms with Crippen molar-refractivity contribution in [2.24, 2.45) is 10.2 Å². The predicted octanol–water partition coefficient (Wildman–Crippen LogP) is 11.0. The molecule has 7 heteroatoms. The van der Waals surface area contributed by atoms with Crippen LogP contribution in [0.1, 0.15) is 120 Å². The molecule has 0 amide bonds. The molecule has 0 spiro atoms. The summed E-state index contributed by atoms with van der Waals surface area (Å²) in [6.45, 7) is 2.22. The summed E-state index contributed by atoms with van der Waals surface area (Å²) >= 11 is 0. The number of alkyl halides is 3. The first-order valence-electron chi connectivity index (χ1n) is 15.8. The minimum absolute atomic E-state index is 0.0172. The number of azo groups is 1. The Labute approximate surface area is 251 Å². The molecule has 2 aromatic carbocycles. The van der Waals surface area contributed by atoms with Gasteiger partial charge in [-0.1, -0.05) is 101 Å². The molecule has 0 aliphatic rings. The van der Waals surface area contributed by atoms with E-state index in [0.29, 0.717) is 24.8 Å². The Morgan fingerprint density at radius 2 is 1.43 bits per heavy atom. The molecule has 0 aromatic heterocycles. The standard InChI is InChI=1S/C35H50F3N3O/c1-4-5-6-7-8-9-10-11-12-13-24-34(28-39,30-18-15-19-31(27-30)35(36,37)38)25-16-20-32(41-40-2)23-22-29-17-14-21-33(26-29)42-3/h14-15,17-19,21,26-27,32H,4-13,16,20,22-25H2,1-3H3. The van der Waals surface area contributed by atoms with Gasteiger partial charge in [0.15, 0.2) is 0 Å². The summed E-state index contributed by atoms with van der Waals surface area (Å²) in [4.78, 5) is 0. The molecule has 42 heavy (non-hydrogen) atoms. The van der Waals surface area contributed by atoms with Crippen LogP contribution in [-0.4, -0.2) is 20.2 Å². The quantitative estimate of drug-likeness (QED) is 0.108. The van der Waals surface area contributed by atoms with E-state index < -0.39 is 17.2 Å². The molecule has 0 saturated carbocycles. The summed E-state index contributed by atoms with van der Waals surface area (Å²) in [5.74, 6) is 0.813. The van der Waals surface area contributed by atoms with Crippen molar-refractivity contribution in [3.8, 4) is 11.8 Å². The lowest BCUT2D eigenvalue weighted by Gasteiger charge is -2.28. The first kappa shape index (κ1) is 35.3. The van der Waals surface area contributed by atoms with Gasteiger partial charge in [-0.05, 0) is 67.9 Å².